The van der Waals surface area contributed by atoms with Crippen LogP contribution in [-0.2, 0) is 0 Å². The topological polar surface area (TPSA) is 53.1 Å². The number of aromatic amines is 1. The van der Waals surface area contributed by atoms with Crippen molar-refractivity contribution in [3.8, 4) is 0 Å². The Labute approximate surface area is 78.9 Å². The molecule has 0 saturated carbocycles. The molecule has 0 spiro atoms. The molecule has 1 aromatic heterocycles. The molecule has 0 atom stereocenters. The zero-order valence-electron chi connectivity index (χ0n) is 6.54. The van der Waals surface area contributed by atoms with Crippen molar-refractivity contribution in [1.82, 2.24) is 4.98 Å². The fourth-order valence-corrected chi connectivity index (χ4v) is 1.43. The van der Waals surface area contributed by atoms with Gasteiger partial charge in [0.2, 0.25) is 0 Å². The molecule has 2 aromatic rings. The molecular weight excluding hydrogens is 190 g/mol. The van der Waals surface area contributed by atoms with Crippen molar-refractivity contribution >= 4 is 28.5 Å². The molecule has 66 valence electrons. The van der Waals surface area contributed by atoms with E-state index >= 15 is 0 Å². The van der Waals surface area contributed by atoms with Gasteiger partial charge in [0.15, 0.2) is 0 Å². The maximum atomic E-state index is 10.6. The number of benzene rings is 1. The smallest absolute Gasteiger partial charge is 0.335 e. The van der Waals surface area contributed by atoms with Gasteiger partial charge in [-0.1, -0.05) is 11.6 Å². The Kier molecular flexibility index (Phi) is 1.74. The maximum Gasteiger partial charge on any atom is 0.335 e. The zero-order chi connectivity index (χ0) is 9.42. The van der Waals surface area contributed by atoms with Crippen LogP contribution in [0, 0.1) is 0 Å². The third kappa shape index (κ3) is 1.27. The van der Waals surface area contributed by atoms with Crippen molar-refractivity contribution in [3.05, 3.63) is 35.0 Å². The number of carboxylic acids is 1. The number of aromatic carboxylic acids is 1. The zero-order valence-corrected chi connectivity index (χ0v) is 7.30. The molecule has 2 rings (SSSR count). The van der Waals surface area contributed by atoms with Crippen LogP contribution in [0.4, 0.5) is 0 Å². The molecule has 3 nitrogen and oxygen atoms in total. The van der Waals surface area contributed by atoms with E-state index in [-0.39, 0.29) is 5.56 Å². The predicted octanol–water partition coefficient (Wildman–Crippen LogP) is 2.52. The molecule has 0 fully saturated rings. The highest BCUT2D eigenvalue weighted by molar-refractivity contribution is 6.35. The van der Waals surface area contributed by atoms with Crippen LogP contribution in [0.2, 0.25) is 5.02 Å². The highest BCUT2D eigenvalue weighted by Crippen LogP contribution is 2.23. The lowest BCUT2D eigenvalue weighted by molar-refractivity contribution is 0.0697. The average Bonchev–Trinajstić information content (AvgIpc) is 2.47. The molecule has 0 aliphatic rings. The maximum absolute atomic E-state index is 10.6. The highest BCUT2D eigenvalue weighted by atomic mass is 35.5. The Balaban J connectivity index is 2.72. The van der Waals surface area contributed by atoms with E-state index in [1.54, 1.807) is 18.3 Å². The Morgan fingerprint density at radius 1 is 1.46 bits per heavy atom. The number of hydrogen-bond donors (Lipinski definition) is 2. The number of hydrogen-bond acceptors (Lipinski definition) is 1. The lowest BCUT2D eigenvalue weighted by Crippen LogP contribution is -1.94. The van der Waals surface area contributed by atoms with Crippen molar-refractivity contribution in [3.63, 3.8) is 0 Å². The fraction of sp³-hybridized carbons (Fsp3) is 0. The summed E-state index contributed by atoms with van der Waals surface area (Å²) >= 11 is 5.83. The summed E-state index contributed by atoms with van der Waals surface area (Å²) in [6, 6.07) is 4.79. The van der Waals surface area contributed by atoms with E-state index < -0.39 is 5.97 Å². The summed E-state index contributed by atoms with van der Waals surface area (Å²) in [4.78, 5) is 13.6. The second-order valence-electron chi connectivity index (χ2n) is 2.70. The lowest BCUT2D eigenvalue weighted by atomic mass is 10.1. The Bertz CT molecular complexity index is 475. The second-order valence-corrected chi connectivity index (χ2v) is 3.11. The minimum absolute atomic E-state index is 0.244. The van der Waals surface area contributed by atoms with Gasteiger partial charge >= 0.3 is 5.97 Å². The van der Waals surface area contributed by atoms with Crippen LogP contribution in [0.25, 0.3) is 10.9 Å². The van der Waals surface area contributed by atoms with Gasteiger partial charge in [0, 0.05) is 17.1 Å². The number of nitrogens with one attached hydrogen (secondary N) is 1. The van der Waals surface area contributed by atoms with Gasteiger partial charge in [-0.15, -0.1) is 0 Å². The monoisotopic (exact) mass is 195 g/mol. The van der Waals surface area contributed by atoms with E-state index in [1.807, 2.05) is 0 Å². The first kappa shape index (κ1) is 8.13. The second kappa shape index (κ2) is 2.78. The van der Waals surface area contributed by atoms with E-state index in [2.05, 4.69) is 4.98 Å². The molecule has 13 heavy (non-hydrogen) atoms. The van der Waals surface area contributed by atoms with Gasteiger partial charge < -0.3 is 10.1 Å². The summed E-state index contributed by atoms with van der Waals surface area (Å²) < 4.78 is 0. The average molecular weight is 196 g/mol. The molecule has 0 aliphatic carbocycles. The number of aromatic nitrogens is 1. The van der Waals surface area contributed by atoms with Crippen LogP contribution < -0.4 is 0 Å². The number of fused-ring (bicyclic) bond motifs is 1. The number of carboxylic acid groups (broad SMARTS) is 1. The fourth-order valence-electron chi connectivity index (χ4n) is 1.22. The molecule has 1 aromatic carbocycles. The van der Waals surface area contributed by atoms with Crippen molar-refractivity contribution in [2.24, 2.45) is 0 Å². The Morgan fingerprint density at radius 2 is 2.23 bits per heavy atom. The molecule has 4 heteroatoms. The number of rotatable bonds is 1. The molecule has 0 amide bonds. The van der Waals surface area contributed by atoms with Crippen molar-refractivity contribution in [1.29, 1.82) is 0 Å². The van der Waals surface area contributed by atoms with E-state index in [4.69, 9.17) is 16.7 Å². The molecule has 0 radical (unpaired) electrons. The minimum Gasteiger partial charge on any atom is -0.478 e. The summed E-state index contributed by atoms with van der Waals surface area (Å²) in [7, 11) is 0. The van der Waals surface area contributed by atoms with E-state index in [0.717, 1.165) is 10.9 Å². The largest absolute Gasteiger partial charge is 0.478 e. The number of halogens is 1. The van der Waals surface area contributed by atoms with Crippen LogP contribution >= 0.6 is 11.6 Å². The SMILES string of the molecule is O=C(O)c1ccc2[nH]cc(Cl)c2c1. The highest BCUT2D eigenvalue weighted by Gasteiger charge is 2.06. The van der Waals surface area contributed by atoms with Gasteiger partial charge in [0.05, 0.1) is 10.6 Å². The van der Waals surface area contributed by atoms with E-state index in [0.29, 0.717) is 5.02 Å². The van der Waals surface area contributed by atoms with Crippen molar-refractivity contribution in [2.75, 3.05) is 0 Å². The summed E-state index contributed by atoms with van der Waals surface area (Å²) in [6.45, 7) is 0. The van der Waals surface area contributed by atoms with Crippen LogP contribution in [0.3, 0.4) is 0 Å². The third-order valence-corrected chi connectivity index (χ3v) is 2.19. The van der Waals surface area contributed by atoms with Gasteiger partial charge in [-0.05, 0) is 18.2 Å². The number of carbonyl (C=O) groups is 1. The Morgan fingerprint density at radius 3 is 2.92 bits per heavy atom. The van der Waals surface area contributed by atoms with Crippen molar-refractivity contribution in [2.45, 2.75) is 0 Å². The standard InChI is InChI=1S/C9H6ClNO2/c10-7-4-11-8-2-1-5(9(12)13)3-6(7)8/h1-4,11H,(H,12,13). The first-order valence-electron chi connectivity index (χ1n) is 3.68. The first-order valence-corrected chi connectivity index (χ1v) is 4.06. The quantitative estimate of drug-likeness (QED) is 0.735. The molecule has 2 N–H and O–H groups in total. The van der Waals surface area contributed by atoms with Gasteiger partial charge in [0.1, 0.15) is 0 Å². The van der Waals surface area contributed by atoms with Crippen LogP contribution in [0.5, 0.6) is 0 Å². The predicted molar refractivity (Wildman–Crippen MR) is 50.3 cm³/mol. The van der Waals surface area contributed by atoms with Gasteiger partial charge in [-0.2, -0.15) is 0 Å². The molecular formula is C9H6ClNO2. The molecule has 0 aliphatic heterocycles. The van der Waals surface area contributed by atoms with Gasteiger partial charge in [-0.25, -0.2) is 4.79 Å². The lowest BCUT2D eigenvalue weighted by Gasteiger charge is -1.94. The minimum atomic E-state index is -0.945. The molecule has 0 unspecified atom stereocenters. The van der Waals surface area contributed by atoms with Gasteiger partial charge in [-0.3, -0.25) is 0 Å². The number of H-pyrrole nitrogens is 1. The van der Waals surface area contributed by atoms with E-state index in [1.165, 1.54) is 6.07 Å². The van der Waals surface area contributed by atoms with Crippen molar-refractivity contribution < 1.29 is 9.90 Å². The normalized spacial score (nSPS) is 10.5. The summed E-state index contributed by atoms with van der Waals surface area (Å²) in [5.41, 5.74) is 1.09. The summed E-state index contributed by atoms with van der Waals surface area (Å²) in [5, 5.41) is 10.00. The Hall–Kier alpha value is -1.48. The summed E-state index contributed by atoms with van der Waals surface area (Å²) in [6.07, 6.45) is 1.64. The van der Waals surface area contributed by atoms with Crippen LogP contribution in [-0.4, -0.2) is 16.1 Å². The van der Waals surface area contributed by atoms with Crippen LogP contribution in [0.15, 0.2) is 24.4 Å². The summed E-state index contributed by atoms with van der Waals surface area (Å²) in [5.74, 6) is -0.945. The first-order chi connectivity index (χ1) is 6.18. The molecule has 1 heterocycles. The third-order valence-electron chi connectivity index (χ3n) is 1.88. The molecule has 0 bridgehead atoms. The molecule has 0 saturated heterocycles. The van der Waals surface area contributed by atoms with E-state index in [9.17, 15) is 4.79 Å². The van der Waals surface area contributed by atoms with Gasteiger partial charge in [0.25, 0.3) is 0 Å². The van der Waals surface area contributed by atoms with Crippen LogP contribution in [0.1, 0.15) is 10.4 Å².